The fraction of sp³-hybridized carbons (Fsp3) is 0.280. The van der Waals surface area contributed by atoms with Crippen molar-refractivity contribution in [2.75, 3.05) is 0 Å². The summed E-state index contributed by atoms with van der Waals surface area (Å²) in [6.45, 7) is 7.49. The smallest absolute Gasteiger partial charge is 0.167 e. The van der Waals surface area contributed by atoms with E-state index in [1.165, 1.54) is 0 Å². The van der Waals surface area contributed by atoms with Crippen molar-refractivity contribution in [2.24, 2.45) is 5.92 Å². The van der Waals surface area contributed by atoms with E-state index in [1.807, 2.05) is 38.1 Å². The molecule has 2 aromatic rings. The van der Waals surface area contributed by atoms with Gasteiger partial charge in [-0.25, -0.2) is 4.98 Å². The van der Waals surface area contributed by atoms with Gasteiger partial charge in [0.2, 0.25) is 0 Å². The van der Waals surface area contributed by atoms with Crippen LogP contribution in [0.25, 0.3) is 5.57 Å². The molecule has 0 saturated heterocycles. The van der Waals surface area contributed by atoms with Gasteiger partial charge in [0, 0.05) is 24.1 Å². The molecular formula is C25H23NO2. The number of aromatic nitrogens is 1. The minimum Gasteiger partial charge on any atom is -0.511 e. The second kappa shape index (κ2) is 8.15. The third-order valence-electron chi connectivity index (χ3n) is 5.01. The summed E-state index contributed by atoms with van der Waals surface area (Å²) in [5, 5.41) is 11.0. The molecule has 28 heavy (non-hydrogen) atoms. The molecule has 3 heteroatoms. The van der Waals surface area contributed by atoms with Gasteiger partial charge >= 0.3 is 0 Å². The molecule has 1 aromatic carbocycles. The average molecular weight is 369 g/mol. The molecule has 1 unspecified atom stereocenters. The number of hydrogen-bond donors (Lipinski definition) is 1. The third-order valence-corrected chi connectivity index (χ3v) is 5.01. The van der Waals surface area contributed by atoms with E-state index in [-0.39, 0.29) is 17.5 Å². The van der Waals surface area contributed by atoms with Gasteiger partial charge in [-0.1, -0.05) is 17.9 Å². The van der Waals surface area contributed by atoms with Crippen molar-refractivity contribution >= 4 is 11.4 Å². The van der Waals surface area contributed by atoms with E-state index < -0.39 is 0 Å². The van der Waals surface area contributed by atoms with Gasteiger partial charge in [0.05, 0.1) is 5.57 Å². The lowest BCUT2D eigenvalue weighted by molar-refractivity contribution is -0.113. The van der Waals surface area contributed by atoms with Crippen molar-refractivity contribution in [3.8, 4) is 23.7 Å². The largest absolute Gasteiger partial charge is 0.511 e. The zero-order valence-corrected chi connectivity index (χ0v) is 16.7. The lowest BCUT2D eigenvalue weighted by Gasteiger charge is -2.13. The van der Waals surface area contributed by atoms with Crippen LogP contribution in [-0.4, -0.2) is 15.9 Å². The molecule has 0 radical (unpaired) electrons. The summed E-state index contributed by atoms with van der Waals surface area (Å²) in [5.41, 5.74) is 5.74. The lowest BCUT2D eigenvalue weighted by Crippen LogP contribution is -2.07. The fourth-order valence-corrected chi connectivity index (χ4v) is 3.88. The first-order valence-corrected chi connectivity index (χ1v) is 9.33. The van der Waals surface area contributed by atoms with E-state index >= 15 is 0 Å². The number of aryl methyl sites for hydroxylation is 2. The van der Waals surface area contributed by atoms with Gasteiger partial charge in [-0.05, 0) is 80.5 Å². The maximum atomic E-state index is 12.8. The highest BCUT2D eigenvalue weighted by Crippen LogP contribution is 2.38. The Morgan fingerprint density at radius 2 is 1.82 bits per heavy atom. The standard InChI is InChI=1S/C25H23NO2/c1-5-8-18-12-16(3)23(17(4)13-18)24-22(27)15-20(25(24)28)14-19-10-7-11-26-21(19)9-6-2/h7,10-13,20,28H,14-15H2,1-4H3. The first-order valence-electron chi connectivity index (χ1n) is 9.33. The van der Waals surface area contributed by atoms with Gasteiger partial charge in [-0.3, -0.25) is 4.79 Å². The molecule has 1 N–H and O–H groups in total. The Kier molecular flexibility index (Phi) is 5.67. The van der Waals surface area contributed by atoms with Crippen LogP contribution in [0, 0.1) is 43.4 Å². The number of carbonyl (C=O) groups excluding carboxylic acids is 1. The molecule has 140 valence electrons. The topological polar surface area (TPSA) is 50.2 Å². The van der Waals surface area contributed by atoms with Gasteiger partial charge in [-0.2, -0.15) is 0 Å². The molecule has 1 heterocycles. The number of aliphatic hydroxyl groups is 1. The number of benzene rings is 1. The highest BCUT2D eigenvalue weighted by Gasteiger charge is 2.35. The molecule has 3 rings (SSSR count). The molecular weight excluding hydrogens is 346 g/mol. The van der Waals surface area contributed by atoms with Gasteiger partial charge in [-0.15, -0.1) is 5.92 Å². The van der Waals surface area contributed by atoms with E-state index in [9.17, 15) is 9.90 Å². The monoisotopic (exact) mass is 369 g/mol. The number of nitrogens with zero attached hydrogens (tertiary/aromatic N) is 1. The molecule has 0 fully saturated rings. The SMILES string of the molecule is CC#Cc1cc(C)c(C2=C(O)C(Cc3cccnc3C#CC)CC2=O)c(C)c1. The van der Waals surface area contributed by atoms with E-state index in [0.29, 0.717) is 24.1 Å². The molecule has 1 atom stereocenters. The molecule has 1 aromatic heterocycles. The first kappa shape index (κ1) is 19.5. The average Bonchev–Trinajstić information content (AvgIpc) is 2.91. The second-order valence-electron chi connectivity index (χ2n) is 7.03. The predicted octanol–water partition coefficient (Wildman–Crippen LogP) is 4.54. The maximum Gasteiger partial charge on any atom is 0.167 e. The number of carbonyl (C=O) groups is 1. The number of hydrogen-bond acceptors (Lipinski definition) is 3. The third kappa shape index (κ3) is 3.71. The van der Waals surface area contributed by atoms with Crippen LogP contribution in [0.2, 0.25) is 0 Å². The van der Waals surface area contributed by atoms with Crippen LogP contribution in [0.4, 0.5) is 0 Å². The van der Waals surface area contributed by atoms with Crippen molar-refractivity contribution < 1.29 is 9.90 Å². The van der Waals surface area contributed by atoms with Crippen molar-refractivity contribution in [3.05, 3.63) is 69.7 Å². The van der Waals surface area contributed by atoms with Crippen molar-refractivity contribution in [1.82, 2.24) is 4.98 Å². The highest BCUT2D eigenvalue weighted by atomic mass is 16.3. The Labute approximate surface area is 166 Å². The fourth-order valence-electron chi connectivity index (χ4n) is 3.88. The van der Waals surface area contributed by atoms with Crippen LogP contribution in [0.1, 0.15) is 53.8 Å². The van der Waals surface area contributed by atoms with Crippen LogP contribution >= 0.6 is 0 Å². The molecule has 0 aliphatic heterocycles. The molecule has 0 saturated carbocycles. The lowest BCUT2D eigenvalue weighted by atomic mass is 9.92. The van der Waals surface area contributed by atoms with Crippen LogP contribution in [0.3, 0.4) is 0 Å². The number of pyridine rings is 1. The van der Waals surface area contributed by atoms with E-state index in [2.05, 4.69) is 28.7 Å². The van der Waals surface area contributed by atoms with Crippen molar-refractivity contribution in [1.29, 1.82) is 0 Å². The van der Waals surface area contributed by atoms with Crippen molar-refractivity contribution in [2.45, 2.75) is 40.5 Å². The molecule has 1 aliphatic carbocycles. The van der Waals surface area contributed by atoms with Crippen LogP contribution in [-0.2, 0) is 11.2 Å². The summed E-state index contributed by atoms with van der Waals surface area (Å²) in [5.74, 6) is 11.7. The minimum absolute atomic E-state index is 0.0185. The summed E-state index contributed by atoms with van der Waals surface area (Å²) in [4.78, 5) is 17.1. The van der Waals surface area contributed by atoms with E-state index in [4.69, 9.17) is 0 Å². The molecule has 0 amide bonds. The summed E-state index contributed by atoms with van der Waals surface area (Å²) < 4.78 is 0. The second-order valence-corrected chi connectivity index (χ2v) is 7.03. The highest BCUT2D eigenvalue weighted by molar-refractivity contribution is 6.24. The number of ketones is 1. The Morgan fingerprint density at radius 3 is 2.46 bits per heavy atom. The molecule has 0 bridgehead atoms. The van der Waals surface area contributed by atoms with Crippen LogP contribution in [0.5, 0.6) is 0 Å². The summed E-state index contributed by atoms with van der Waals surface area (Å²) in [6.07, 6.45) is 2.54. The van der Waals surface area contributed by atoms with Gasteiger partial charge in [0.25, 0.3) is 0 Å². The zero-order valence-electron chi connectivity index (χ0n) is 16.7. The quantitative estimate of drug-likeness (QED) is 0.808. The first-order chi connectivity index (χ1) is 13.5. The Bertz CT molecular complexity index is 1080. The van der Waals surface area contributed by atoms with E-state index in [0.717, 1.165) is 27.8 Å². The molecule has 1 aliphatic rings. The van der Waals surface area contributed by atoms with Crippen molar-refractivity contribution in [3.63, 3.8) is 0 Å². The summed E-state index contributed by atoms with van der Waals surface area (Å²) in [7, 11) is 0. The Morgan fingerprint density at radius 1 is 1.14 bits per heavy atom. The summed E-state index contributed by atoms with van der Waals surface area (Å²) in [6, 6.07) is 7.75. The number of aliphatic hydroxyl groups excluding tert-OH is 1. The van der Waals surface area contributed by atoms with Crippen LogP contribution in [0.15, 0.2) is 36.2 Å². The van der Waals surface area contributed by atoms with E-state index in [1.54, 1.807) is 20.0 Å². The predicted molar refractivity (Wildman–Crippen MR) is 112 cm³/mol. The van der Waals surface area contributed by atoms with Gasteiger partial charge in [0.1, 0.15) is 11.5 Å². The number of rotatable bonds is 3. The Hall–Kier alpha value is -3.30. The van der Waals surface area contributed by atoms with Gasteiger partial charge in [0.15, 0.2) is 5.78 Å². The Balaban J connectivity index is 2.01. The zero-order chi connectivity index (χ0) is 20.3. The minimum atomic E-state index is -0.252. The molecule has 0 spiro atoms. The maximum absolute atomic E-state index is 12.8. The normalized spacial score (nSPS) is 15.7. The van der Waals surface area contributed by atoms with Gasteiger partial charge < -0.3 is 5.11 Å². The van der Waals surface area contributed by atoms with Crippen LogP contribution < -0.4 is 0 Å². The summed E-state index contributed by atoms with van der Waals surface area (Å²) >= 11 is 0. The molecule has 3 nitrogen and oxygen atoms in total. The number of Topliss-reactive ketones (excluding diaryl/α,β-unsaturated/α-hetero) is 1. The number of allylic oxidation sites excluding steroid dienone is 2.